The van der Waals surface area contributed by atoms with E-state index in [9.17, 15) is 0 Å². The van der Waals surface area contributed by atoms with Crippen molar-refractivity contribution in [3.63, 3.8) is 0 Å². The van der Waals surface area contributed by atoms with Crippen LogP contribution in [0.4, 0.5) is 0 Å². The fraction of sp³-hybridized carbons (Fsp3) is 0.250. The Morgan fingerprint density at radius 3 is 2.67 bits per heavy atom. The quantitative estimate of drug-likeness (QED) is 0.874. The van der Waals surface area contributed by atoms with Crippen molar-refractivity contribution in [2.45, 2.75) is 19.4 Å². The third kappa shape index (κ3) is 1.79. The zero-order valence-electron chi connectivity index (χ0n) is 10.5. The number of hydrogen-bond donors (Lipinski definition) is 1. The lowest BCUT2D eigenvalue weighted by molar-refractivity contribution is 0.242. The van der Waals surface area contributed by atoms with E-state index in [4.69, 9.17) is 10.5 Å². The first-order valence-corrected chi connectivity index (χ1v) is 6.34. The second-order valence-corrected chi connectivity index (χ2v) is 4.79. The molecule has 2 aromatic carbocycles. The first-order valence-electron chi connectivity index (χ1n) is 6.34. The van der Waals surface area contributed by atoms with Crippen molar-refractivity contribution in [3.8, 4) is 16.9 Å². The van der Waals surface area contributed by atoms with Crippen LogP contribution in [0.2, 0.25) is 0 Å². The number of ether oxygens (including phenoxy) is 1. The van der Waals surface area contributed by atoms with Crippen LogP contribution in [0.5, 0.6) is 5.75 Å². The van der Waals surface area contributed by atoms with E-state index in [2.05, 4.69) is 49.4 Å². The van der Waals surface area contributed by atoms with Crippen molar-refractivity contribution in [1.29, 1.82) is 0 Å². The molecule has 0 aliphatic carbocycles. The molecular weight excluding hydrogens is 222 g/mol. The average molecular weight is 239 g/mol. The van der Waals surface area contributed by atoms with Gasteiger partial charge in [-0.1, -0.05) is 42.5 Å². The first-order chi connectivity index (χ1) is 8.79. The topological polar surface area (TPSA) is 35.2 Å². The normalized spacial score (nSPS) is 17.3. The molecule has 0 spiro atoms. The van der Waals surface area contributed by atoms with Gasteiger partial charge in [0.25, 0.3) is 0 Å². The second kappa shape index (κ2) is 4.46. The zero-order valence-corrected chi connectivity index (χ0v) is 10.5. The molecule has 0 saturated heterocycles. The van der Waals surface area contributed by atoms with E-state index in [0.717, 1.165) is 12.2 Å². The summed E-state index contributed by atoms with van der Waals surface area (Å²) in [5.41, 5.74) is 10.7. The predicted octanol–water partition coefficient (Wildman–Crippen LogP) is 2.92. The third-order valence-corrected chi connectivity index (χ3v) is 3.53. The smallest absolute Gasteiger partial charge is 0.130 e. The van der Waals surface area contributed by atoms with Gasteiger partial charge in [-0.2, -0.15) is 0 Å². The maximum absolute atomic E-state index is 5.97. The number of aryl methyl sites for hydroxylation is 1. The predicted molar refractivity (Wildman–Crippen MR) is 73.8 cm³/mol. The van der Waals surface area contributed by atoms with Gasteiger partial charge in [-0.25, -0.2) is 0 Å². The van der Waals surface area contributed by atoms with Gasteiger partial charge in [0.1, 0.15) is 11.9 Å². The Kier molecular flexibility index (Phi) is 2.80. The second-order valence-electron chi connectivity index (χ2n) is 4.79. The Hall–Kier alpha value is -1.80. The summed E-state index contributed by atoms with van der Waals surface area (Å²) in [5, 5.41) is 0. The van der Waals surface area contributed by atoms with Crippen molar-refractivity contribution in [3.05, 3.63) is 53.6 Å². The standard InChI is InChI=1S/C16H17NO/c1-11-5-2-3-7-14(11)15-8-4-6-12-9-13(10-17)18-16(12)15/h2-8,13H,9-10,17H2,1H3/t13-/m0/s1. The number of hydrogen-bond acceptors (Lipinski definition) is 2. The highest BCUT2D eigenvalue weighted by atomic mass is 16.5. The molecule has 0 amide bonds. The SMILES string of the molecule is Cc1ccccc1-c1cccc2c1O[C@H](CN)C2. The van der Waals surface area contributed by atoms with Crippen LogP contribution < -0.4 is 10.5 Å². The summed E-state index contributed by atoms with van der Waals surface area (Å²) in [7, 11) is 0. The van der Waals surface area contributed by atoms with Crippen LogP contribution >= 0.6 is 0 Å². The molecule has 2 nitrogen and oxygen atoms in total. The van der Waals surface area contributed by atoms with Crippen LogP contribution in [-0.4, -0.2) is 12.6 Å². The number of para-hydroxylation sites is 1. The van der Waals surface area contributed by atoms with E-state index in [1.54, 1.807) is 0 Å². The third-order valence-electron chi connectivity index (χ3n) is 3.53. The Morgan fingerprint density at radius 1 is 1.11 bits per heavy atom. The molecule has 0 unspecified atom stereocenters. The van der Waals surface area contributed by atoms with Crippen molar-refractivity contribution in [1.82, 2.24) is 0 Å². The summed E-state index contributed by atoms with van der Waals surface area (Å²) < 4.78 is 5.97. The van der Waals surface area contributed by atoms with Crippen LogP contribution in [0, 0.1) is 6.92 Å². The van der Waals surface area contributed by atoms with Gasteiger partial charge < -0.3 is 10.5 Å². The molecule has 18 heavy (non-hydrogen) atoms. The van der Waals surface area contributed by atoms with Gasteiger partial charge in [0, 0.05) is 18.5 Å². The van der Waals surface area contributed by atoms with Gasteiger partial charge in [0.2, 0.25) is 0 Å². The Bertz CT molecular complexity index is 577. The molecule has 1 aliphatic heterocycles. The highest BCUT2D eigenvalue weighted by molar-refractivity contribution is 5.75. The summed E-state index contributed by atoms with van der Waals surface area (Å²) in [6.45, 7) is 2.70. The van der Waals surface area contributed by atoms with Gasteiger partial charge in [0.15, 0.2) is 0 Å². The Morgan fingerprint density at radius 2 is 1.89 bits per heavy atom. The minimum absolute atomic E-state index is 0.130. The molecular formula is C16H17NO. The van der Waals surface area contributed by atoms with E-state index >= 15 is 0 Å². The number of nitrogens with two attached hydrogens (primary N) is 1. The number of fused-ring (bicyclic) bond motifs is 1. The maximum atomic E-state index is 5.97. The molecule has 1 aliphatic rings. The van der Waals surface area contributed by atoms with Gasteiger partial charge in [0.05, 0.1) is 0 Å². The molecule has 0 aromatic heterocycles. The molecule has 1 atom stereocenters. The lowest BCUT2D eigenvalue weighted by Gasteiger charge is -2.12. The molecule has 0 saturated carbocycles. The molecule has 2 aromatic rings. The monoisotopic (exact) mass is 239 g/mol. The lowest BCUT2D eigenvalue weighted by atomic mass is 9.97. The number of rotatable bonds is 2. The van der Waals surface area contributed by atoms with Crippen LogP contribution in [0.1, 0.15) is 11.1 Å². The molecule has 0 bridgehead atoms. The Labute approximate surface area is 107 Å². The number of benzene rings is 2. The fourth-order valence-corrected chi connectivity index (χ4v) is 2.56. The zero-order chi connectivity index (χ0) is 12.5. The molecule has 1 heterocycles. The lowest BCUT2D eigenvalue weighted by Crippen LogP contribution is -2.24. The van der Waals surface area contributed by atoms with Crippen LogP contribution in [-0.2, 0) is 6.42 Å². The minimum Gasteiger partial charge on any atom is -0.488 e. The summed E-state index contributed by atoms with van der Waals surface area (Å²) >= 11 is 0. The van der Waals surface area contributed by atoms with Gasteiger partial charge in [-0.05, 0) is 23.6 Å². The van der Waals surface area contributed by atoms with E-state index in [-0.39, 0.29) is 6.10 Å². The van der Waals surface area contributed by atoms with Crippen molar-refractivity contribution in [2.24, 2.45) is 5.73 Å². The van der Waals surface area contributed by atoms with E-state index in [1.807, 2.05) is 0 Å². The first kappa shape index (κ1) is 11.3. The van der Waals surface area contributed by atoms with Gasteiger partial charge in [-0.3, -0.25) is 0 Å². The van der Waals surface area contributed by atoms with E-state index in [0.29, 0.717) is 6.54 Å². The highest BCUT2D eigenvalue weighted by Crippen LogP contribution is 2.39. The summed E-state index contributed by atoms with van der Waals surface area (Å²) in [6, 6.07) is 14.8. The van der Waals surface area contributed by atoms with Crippen molar-refractivity contribution >= 4 is 0 Å². The van der Waals surface area contributed by atoms with Crippen molar-refractivity contribution in [2.75, 3.05) is 6.54 Å². The van der Waals surface area contributed by atoms with Gasteiger partial charge in [-0.15, -0.1) is 0 Å². The van der Waals surface area contributed by atoms with Crippen LogP contribution in [0.15, 0.2) is 42.5 Å². The molecule has 3 rings (SSSR count). The molecule has 92 valence electrons. The van der Waals surface area contributed by atoms with Crippen LogP contribution in [0.25, 0.3) is 11.1 Å². The van der Waals surface area contributed by atoms with E-state index in [1.165, 1.54) is 22.3 Å². The highest BCUT2D eigenvalue weighted by Gasteiger charge is 2.24. The van der Waals surface area contributed by atoms with E-state index < -0.39 is 0 Å². The fourth-order valence-electron chi connectivity index (χ4n) is 2.56. The summed E-state index contributed by atoms with van der Waals surface area (Å²) in [6.07, 6.45) is 1.05. The van der Waals surface area contributed by atoms with Gasteiger partial charge >= 0.3 is 0 Å². The van der Waals surface area contributed by atoms with Crippen LogP contribution in [0.3, 0.4) is 0 Å². The summed E-state index contributed by atoms with van der Waals surface area (Å²) in [5.74, 6) is 1.02. The average Bonchev–Trinajstić information content (AvgIpc) is 2.82. The molecule has 2 heteroatoms. The maximum Gasteiger partial charge on any atom is 0.130 e. The largest absolute Gasteiger partial charge is 0.488 e. The molecule has 0 radical (unpaired) electrons. The Balaban J connectivity index is 2.11. The molecule has 2 N–H and O–H groups in total. The summed E-state index contributed by atoms with van der Waals surface area (Å²) in [4.78, 5) is 0. The van der Waals surface area contributed by atoms with Crippen molar-refractivity contribution < 1.29 is 4.74 Å². The molecule has 0 fully saturated rings. The minimum atomic E-state index is 0.130.